The smallest absolute Gasteiger partial charge is 0.167 e. The molecule has 0 aliphatic heterocycles. The number of nitrogens with zero attached hydrogens (tertiary/aromatic N) is 2. The van der Waals surface area contributed by atoms with Crippen LogP contribution in [0.5, 0.6) is 0 Å². The molecule has 0 radical (unpaired) electrons. The lowest BCUT2D eigenvalue weighted by atomic mass is 10.6. The van der Waals surface area contributed by atoms with E-state index in [1.807, 2.05) is 24.0 Å². The molecule has 0 amide bonds. The normalized spacial score (nSPS) is 9.82. The Morgan fingerprint density at radius 3 is 2.55 bits per heavy atom. The van der Waals surface area contributed by atoms with Crippen LogP contribution in [0.2, 0.25) is 0 Å². The van der Waals surface area contributed by atoms with Gasteiger partial charge in [0.2, 0.25) is 0 Å². The highest BCUT2D eigenvalue weighted by Gasteiger charge is 2.01. The number of hydrogen-bond donors (Lipinski definition) is 0. The molecule has 64 valence electrons. The SMILES string of the molecule is C.CC(C)Sc1nccn1C. The molecule has 11 heavy (non-hydrogen) atoms. The van der Waals surface area contributed by atoms with E-state index in [0.29, 0.717) is 5.25 Å². The van der Waals surface area contributed by atoms with E-state index in [9.17, 15) is 0 Å². The fraction of sp³-hybridized carbons (Fsp3) is 0.625. The average Bonchev–Trinajstić information content (AvgIpc) is 2.15. The molecule has 0 unspecified atom stereocenters. The van der Waals surface area contributed by atoms with Gasteiger partial charge in [0.15, 0.2) is 5.16 Å². The Bertz CT molecular complexity index is 206. The van der Waals surface area contributed by atoms with E-state index in [2.05, 4.69) is 18.8 Å². The molecule has 1 rings (SSSR count). The van der Waals surface area contributed by atoms with Crippen LogP contribution in [0.3, 0.4) is 0 Å². The minimum absolute atomic E-state index is 0. The Labute approximate surface area is 73.0 Å². The minimum Gasteiger partial charge on any atom is -0.329 e. The quantitative estimate of drug-likeness (QED) is 0.638. The molecule has 1 aromatic rings. The van der Waals surface area contributed by atoms with Crippen LogP contribution in [-0.2, 0) is 7.05 Å². The molecule has 0 aromatic carbocycles. The van der Waals surface area contributed by atoms with Crippen LogP contribution in [0.4, 0.5) is 0 Å². The maximum absolute atomic E-state index is 4.18. The van der Waals surface area contributed by atoms with E-state index in [-0.39, 0.29) is 7.43 Å². The van der Waals surface area contributed by atoms with E-state index in [0.717, 1.165) is 5.16 Å². The largest absolute Gasteiger partial charge is 0.329 e. The van der Waals surface area contributed by atoms with Crippen molar-refractivity contribution < 1.29 is 0 Å². The predicted octanol–water partition coefficient (Wildman–Crippen LogP) is 2.56. The van der Waals surface area contributed by atoms with E-state index in [1.54, 1.807) is 11.8 Å². The third-order valence-corrected chi connectivity index (χ3v) is 2.19. The maximum atomic E-state index is 4.18. The fourth-order valence-electron chi connectivity index (χ4n) is 0.676. The molecule has 1 aromatic heterocycles. The molecule has 0 N–H and O–H groups in total. The van der Waals surface area contributed by atoms with Gasteiger partial charge >= 0.3 is 0 Å². The molecule has 0 spiro atoms. The van der Waals surface area contributed by atoms with Crippen LogP contribution in [0.15, 0.2) is 17.6 Å². The topological polar surface area (TPSA) is 17.8 Å². The molecule has 3 heteroatoms. The number of rotatable bonds is 2. The molecular weight excluding hydrogens is 156 g/mol. The number of hydrogen-bond acceptors (Lipinski definition) is 2. The molecule has 0 bridgehead atoms. The zero-order valence-electron chi connectivity index (χ0n) is 6.53. The van der Waals surface area contributed by atoms with Gasteiger partial charge in [-0.15, -0.1) is 0 Å². The molecule has 0 fully saturated rings. The van der Waals surface area contributed by atoms with Gasteiger partial charge in [0.1, 0.15) is 0 Å². The third kappa shape index (κ3) is 2.97. The predicted molar refractivity (Wildman–Crippen MR) is 50.9 cm³/mol. The highest BCUT2D eigenvalue weighted by Crippen LogP contribution is 2.19. The summed E-state index contributed by atoms with van der Waals surface area (Å²) in [5.41, 5.74) is 0. The first-order valence-corrected chi connectivity index (χ1v) is 4.22. The first-order chi connectivity index (χ1) is 4.70. The average molecular weight is 172 g/mol. The van der Waals surface area contributed by atoms with Gasteiger partial charge in [-0.3, -0.25) is 0 Å². The van der Waals surface area contributed by atoms with Crippen molar-refractivity contribution in [2.45, 2.75) is 31.7 Å². The number of imidazole rings is 1. The maximum Gasteiger partial charge on any atom is 0.167 e. The van der Waals surface area contributed by atoms with Gasteiger partial charge in [-0.05, 0) is 0 Å². The second-order valence-electron chi connectivity index (χ2n) is 2.49. The summed E-state index contributed by atoms with van der Waals surface area (Å²) in [4.78, 5) is 4.18. The lowest BCUT2D eigenvalue weighted by Gasteiger charge is -2.02. The Morgan fingerprint density at radius 2 is 2.18 bits per heavy atom. The highest BCUT2D eigenvalue weighted by molar-refractivity contribution is 7.99. The van der Waals surface area contributed by atoms with Crippen molar-refractivity contribution >= 4 is 11.8 Å². The van der Waals surface area contributed by atoms with E-state index in [4.69, 9.17) is 0 Å². The van der Waals surface area contributed by atoms with Crippen molar-refractivity contribution in [3.05, 3.63) is 12.4 Å². The molecule has 0 saturated carbocycles. The summed E-state index contributed by atoms with van der Waals surface area (Å²) in [5, 5.41) is 1.70. The summed E-state index contributed by atoms with van der Waals surface area (Å²) in [6.45, 7) is 4.33. The Balaban J connectivity index is 0.000001000. The van der Waals surface area contributed by atoms with Crippen LogP contribution in [0, 0.1) is 0 Å². The van der Waals surface area contributed by atoms with Crippen LogP contribution >= 0.6 is 11.8 Å². The van der Waals surface area contributed by atoms with Gasteiger partial charge in [0.25, 0.3) is 0 Å². The summed E-state index contributed by atoms with van der Waals surface area (Å²) < 4.78 is 2.03. The number of aryl methyl sites for hydroxylation is 1. The van der Waals surface area contributed by atoms with Gasteiger partial charge in [0.05, 0.1) is 0 Å². The molecule has 0 aliphatic carbocycles. The standard InChI is InChI=1S/C7H12N2S.CH4/c1-6(2)10-7-8-4-5-9(7)3;/h4-6H,1-3H3;1H4. The van der Waals surface area contributed by atoms with Crippen LogP contribution in [-0.4, -0.2) is 14.8 Å². The summed E-state index contributed by atoms with van der Waals surface area (Å²) in [6.07, 6.45) is 3.79. The molecule has 2 nitrogen and oxygen atoms in total. The molecule has 0 atom stereocenters. The van der Waals surface area contributed by atoms with E-state index < -0.39 is 0 Å². The second kappa shape index (κ2) is 4.44. The van der Waals surface area contributed by atoms with Gasteiger partial charge in [-0.25, -0.2) is 4.98 Å². The van der Waals surface area contributed by atoms with Crippen molar-refractivity contribution in [2.24, 2.45) is 7.05 Å². The van der Waals surface area contributed by atoms with Crippen molar-refractivity contribution in [3.8, 4) is 0 Å². The summed E-state index contributed by atoms with van der Waals surface area (Å²) in [7, 11) is 2.01. The molecule has 0 aliphatic rings. The van der Waals surface area contributed by atoms with Crippen LogP contribution in [0.1, 0.15) is 21.3 Å². The fourth-order valence-corrected chi connectivity index (χ4v) is 1.45. The Hall–Kier alpha value is -0.440. The minimum atomic E-state index is 0. The monoisotopic (exact) mass is 172 g/mol. The number of aromatic nitrogens is 2. The molecular formula is C8H16N2S. The van der Waals surface area contributed by atoms with E-state index in [1.165, 1.54) is 0 Å². The zero-order valence-corrected chi connectivity index (χ0v) is 7.35. The van der Waals surface area contributed by atoms with Crippen molar-refractivity contribution in [1.82, 2.24) is 9.55 Å². The third-order valence-electron chi connectivity index (χ3n) is 1.12. The summed E-state index contributed by atoms with van der Waals surface area (Å²) in [5.74, 6) is 0. The Morgan fingerprint density at radius 1 is 1.55 bits per heavy atom. The molecule has 1 heterocycles. The summed E-state index contributed by atoms with van der Waals surface area (Å²) in [6, 6.07) is 0. The van der Waals surface area contributed by atoms with Crippen molar-refractivity contribution in [1.29, 1.82) is 0 Å². The Kier molecular flexibility index (Phi) is 4.26. The lowest BCUT2D eigenvalue weighted by Crippen LogP contribution is -1.93. The zero-order chi connectivity index (χ0) is 7.56. The highest BCUT2D eigenvalue weighted by atomic mass is 32.2. The van der Waals surface area contributed by atoms with Crippen molar-refractivity contribution in [3.63, 3.8) is 0 Å². The van der Waals surface area contributed by atoms with E-state index >= 15 is 0 Å². The second-order valence-corrected chi connectivity index (χ2v) is 4.03. The van der Waals surface area contributed by atoms with Gasteiger partial charge in [-0.1, -0.05) is 33.0 Å². The lowest BCUT2D eigenvalue weighted by molar-refractivity contribution is 0.787. The van der Waals surface area contributed by atoms with Gasteiger partial charge in [0, 0.05) is 24.7 Å². The van der Waals surface area contributed by atoms with Gasteiger partial charge in [-0.2, -0.15) is 0 Å². The first kappa shape index (κ1) is 10.6. The molecule has 0 saturated heterocycles. The van der Waals surface area contributed by atoms with Crippen molar-refractivity contribution in [2.75, 3.05) is 0 Å². The van der Waals surface area contributed by atoms with Crippen LogP contribution in [0.25, 0.3) is 0 Å². The first-order valence-electron chi connectivity index (χ1n) is 3.34. The van der Waals surface area contributed by atoms with Crippen LogP contribution < -0.4 is 0 Å². The number of thioether (sulfide) groups is 1. The van der Waals surface area contributed by atoms with Gasteiger partial charge < -0.3 is 4.57 Å². The summed E-state index contributed by atoms with van der Waals surface area (Å²) >= 11 is 1.78.